The number of ether oxygens (including phenoxy) is 1. The molecule has 0 saturated carbocycles. The molecule has 6 nitrogen and oxygen atoms in total. The van der Waals surface area contributed by atoms with Crippen LogP contribution >= 0.6 is 0 Å². The Hall–Kier alpha value is -2.44. The fourth-order valence-corrected chi connectivity index (χ4v) is 3.11. The fraction of sp³-hybridized carbons (Fsp3) is 0.368. The summed E-state index contributed by atoms with van der Waals surface area (Å²) in [6.45, 7) is 5.18. The molecule has 1 aromatic heterocycles. The molecule has 1 aliphatic rings. The van der Waals surface area contributed by atoms with Crippen LogP contribution in [0, 0.1) is 0 Å². The molecule has 2 heterocycles. The average molecular weight is 341 g/mol. The average Bonchev–Trinajstić information content (AvgIpc) is 2.64. The molecule has 6 heteroatoms. The Kier molecular flexibility index (Phi) is 5.63. The Morgan fingerprint density at radius 1 is 1.12 bits per heavy atom. The van der Waals surface area contributed by atoms with E-state index in [4.69, 9.17) is 4.74 Å². The maximum atomic E-state index is 11.3. The van der Waals surface area contributed by atoms with Gasteiger partial charge in [-0.1, -0.05) is 12.1 Å². The standard InChI is InChI=1S/C19H23N3O3/c1-25-16-5-2-4-15(12-16)13-21-8-10-22(11-9-21)14-18-17(19(23)24)6-3-7-20-18/h2-7,12H,8-11,13-14H2,1H3,(H,23,24). The minimum Gasteiger partial charge on any atom is -0.497 e. The lowest BCUT2D eigenvalue weighted by atomic mass is 10.1. The van der Waals surface area contributed by atoms with Crippen molar-refractivity contribution in [1.82, 2.24) is 14.8 Å². The van der Waals surface area contributed by atoms with E-state index in [1.807, 2.05) is 12.1 Å². The first-order valence-corrected chi connectivity index (χ1v) is 8.40. The van der Waals surface area contributed by atoms with Crippen LogP contribution in [0.25, 0.3) is 0 Å². The second-order valence-electron chi connectivity index (χ2n) is 6.21. The molecule has 0 aliphatic carbocycles. The van der Waals surface area contributed by atoms with Crippen molar-refractivity contribution >= 4 is 5.97 Å². The van der Waals surface area contributed by atoms with Gasteiger partial charge in [0.25, 0.3) is 0 Å². The largest absolute Gasteiger partial charge is 0.497 e. The number of nitrogens with zero attached hydrogens (tertiary/aromatic N) is 3. The van der Waals surface area contributed by atoms with Crippen LogP contribution in [0.5, 0.6) is 5.75 Å². The summed E-state index contributed by atoms with van der Waals surface area (Å²) in [5, 5.41) is 9.27. The van der Waals surface area contributed by atoms with Gasteiger partial charge in [0, 0.05) is 45.5 Å². The van der Waals surface area contributed by atoms with Crippen molar-refractivity contribution in [3.05, 3.63) is 59.4 Å². The summed E-state index contributed by atoms with van der Waals surface area (Å²) in [7, 11) is 1.68. The van der Waals surface area contributed by atoms with Crippen LogP contribution in [-0.2, 0) is 13.1 Å². The predicted molar refractivity (Wildman–Crippen MR) is 94.7 cm³/mol. The van der Waals surface area contributed by atoms with Crippen LogP contribution < -0.4 is 4.74 Å². The fourth-order valence-electron chi connectivity index (χ4n) is 3.11. The third-order valence-corrected chi connectivity index (χ3v) is 4.50. The Morgan fingerprint density at radius 2 is 1.84 bits per heavy atom. The topological polar surface area (TPSA) is 65.9 Å². The first-order chi connectivity index (χ1) is 12.2. The van der Waals surface area contributed by atoms with Crippen LogP contribution in [0.15, 0.2) is 42.6 Å². The van der Waals surface area contributed by atoms with E-state index in [0.29, 0.717) is 17.8 Å². The normalized spacial score (nSPS) is 15.9. The number of rotatable bonds is 6. The molecule has 1 saturated heterocycles. The summed E-state index contributed by atoms with van der Waals surface area (Å²) in [5.74, 6) is -0.0350. The number of hydrogen-bond acceptors (Lipinski definition) is 5. The van der Waals surface area contributed by atoms with E-state index in [0.717, 1.165) is 38.5 Å². The number of carboxylic acid groups (broad SMARTS) is 1. The quantitative estimate of drug-likeness (QED) is 0.868. The molecule has 0 spiro atoms. The summed E-state index contributed by atoms with van der Waals surface area (Å²) in [6, 6.07) is 11.4. The Bertz CT molecular complexity index is 727. The van der Waals surface area contributed by atoms with Crippen LogP contribution in [-0.4, -0.2) is 59.1 Å². The number of hydrogen-bond donors (Lipinski definition) is 1. The number of pyridine rings is 1. The van der Waals surface area contributed by atoms with Gasteiger partial charge in [0.05, 0.1) is 18.4 Å². The van der Waals surface area contributed by atoms with Gasteiger partial charge in [-0.2, -0.15) is 0 Å². The zero-order chi connectivity index (χ0) is 17.6. The van der Waals surface area contributed by atoms with E-state index in [1.54, 1.807) is 25.4 Å². The number of benzene rings is 1. The summed E-state index contributed by atoms with van der Waals surface area (Å²) in [6.07, 6.45) is 1.65. The monoisotopic (exact) mass is 341 g/mol. The summed E-state index contributed by atoms with van der Waals surface area (Å²) in [5.41, 5.74) is 2.17. The Morgan fingerprint density at radius 3 is 2.52 bits per heavy atom. The smallest absolute Gasteiger partial charge is 0.337 e. The maximum Gasteiger partial charge on any atom is 0.337 e. The Labute approximate surface area is 147 Å². The summed E-state index contributed by atoms with van der Waals surface area (Å²) in [4.78, 5) is 20.2. The van der Waals surface area contributed by atoms with E-state index >= 15 is 0 Å². The number of piperazine rings is 1. The zero-order valence-electron chi connectivity index (χ0n) is 14.4. The highest BCUT2D eigenvalue weighted by atomic mass is 16.5. The van der Waals surface area contributed by atoms with Crippen molar-refractivity contribution < 1.29 is 14.6 Å². The van der Waals surface area contributed by atoms with E-state index < -0.39 is 5.97 Å². The molecule has 0 radical (unpaired) electrons. The van der Waals surface area contributed by atoms with Crippen LogP contribution in [0.4, 0.5) is 0 Å². The maximum absolute atomic E-state index is 11.3. The van der Waals surface area contributed by atoms with Gasteiger partial charge in [-0.05, 0) is 29.8 Å². The highest BCUT2D eigenvalue weighted by molar-refractivity contribution is 5.88. The van der Waals surface area contributed by atoms with Crippen molar-refractivity contribution in [1.29, 1.82) is 0 Å². The van der Waals surface area contributed by atoms with Gasteiger partial charge < -0.3 is 9.84 Å². The third kappa shape index (κ3) is 4.55. The number of aromatic nitrogens is 1. The molecule has 3 rings (SSSR count). The van der Waals surface area contributed by atoms with E-state index in [-0.39, 0.29) is 0 Å². The highest BCUT2D eigenvalue weighted by Crippen LogP contribution is 2.16. The van der Waals surface area contributed by atoms with Crippen molar-refractivity contribution in [3.8, 4) is 5.75 Å². The lowest BCUT2D eigenvalue weighted by Crippen LogP contribution is -2.45. The van der Waals surface area contributed by atoms with E-state index in [2.05, 4.69) is 26.9 Å². The molecule has 0 bridgehead atoms. The first-order valence-electron chi connectivity index (χ1n) is 8.40. The van der Waals surface area contributed by atoms with Gasteiger partial charge >= 0.3 is 5.97 Å². The van der Waals surface area contributed by atoms with E-state index in [1.165, 1.54) is 5.56 Å². The summed E-state index contributed by atoms with van der Waals surface area (Å²) >= 11 is 0. The molecule has 1 aliphatic heterocycles. The molecule has 2 aromatic rings. The third-order valence-electron chi connectivity index (χ3n) is 4.50. The predicted octanol–water partition coefficient (Wildman–Crippen LogP) is 2.11. The molecule has 1 fully saturated rings. The molecular formula is C19H23N3O3. The van der Waals surface area contributed by atoms with Crippen LogP contribution in [0.1, 0.15) is 21.6 Å². The number of aromatic carboxylic acids is 1. The second kappa shape index (κ2) is 8.09. The van der Waals surface area contributed by atoms with Crippen molar-refractivity contribution in [2.24, 2.45) is 0 Å². The second-order valence-corrected chi connectivity index (χ2v) is 6.21. The van der Waals surface area contributed by atoms with Gasteiger partial charge in [0.2, 0.25) is 0 Å². The molecule has 0 amide bonds. The molecule has 25 heavy (non-hydrogen) atoms. The molecular weight excluding hydrogens is 318 g/mol. The highest BCUT2D eigenvalue weighted by Gasteiger charge is 2.20. The van der Waals surface area contributed by atoms with Gasteiger partial charge in [-0.15, -0.1) is 0 Å². The van der Waals surface area contributed by atoms with Gasteiger partial charge in [-0.3, -0.25) is 14.8 Å². The van der Waals surface area contributed by atoms with Crippen molar-refractivity contribution in [2.45, 2.75) is 13.1 Å². The SMILES string of the molecule is COc1cccc(CN2CCN(Cc3ncccc3C(=O)O)CC2)c1. The van der Waals surface area contributed by atoms with Crippen molar-refractivity contribution in [2.75, 3.05) is 33.3 Å². The van der Waals surface area contributed by atoms with Crippen molar-refractivity contribution in [3.63, 3.8) is 0 Å². The molecule has 1 aromatic carbocycles. The molecule has 1 N–H and O–H groups in total. The summed E-state index contributed by atoms with van der Waals surface area (Å²) < 4.78 is 5.28. The van der Waals surface area contributed by atoms with Gasteiger partial charge in [0.1, 0.15) is 5.75 Å². The molecule has 0 unspecified atom stereocenters. The minimum absolute atomic E-state index is 0.293. The Balaban J connectivity index is 1.54. The van der Waals surface area contributed by atoms with Gasteiger partial charge in [0.15, 0.2) is 0 Å². The lowest BCUT2D eigenvalue weighted by molar-refractivity contribution is 0.0691. The number of carbonyl (C=O) groups is 1. The van der Waals surface area contributed by atoms with Crippen LogP contribution in [0.3, 0.4) is 0 Å². The first kappa shape index (κ1) is 17.4. The number of methoxy groups -OCH3 is 1. The minimum atomic E-state index is -0.917. The molecule has 0 atom stereocenters. The zero-order valence-corrected chi connectivity index (χ0v) is 14.4. The lowest BCUT2D eigenvalue weighted by Gasteiger charge is -2.34. The number of carboxylic acids is 1. The molecule has 132 valence electrons. The van der Waals surface area contributed by atoms with Crippen LogP contribution in [0.2, 0.25) is 0 Å². The van der Waals surface area contributed by atoms with Gasteiger partial charge in [-0.25, -0.2) is 4.79 Å². The van der Waals surface area contributed by atoms with E-state index in [9.17, 15) is 9.90 Å².